The first-order valence-electron chi connectivity index (χ1n) is 7.43. The van der Waals surface area contributed by atoms with Crippen LogP contribution in [0.15, 0.2) is 24.3 Å². The van der Waals surface area contributed by atoms with E-state index < -0.39 is 0 Å². The summed E-state index contributed by atoms with van der Waals surface area (Å²) >= 11 is 0. The van der Waals surface area contributed by atoms with Crippen molar-refractivity contribution in [2.24, 2.45) is 0 Å². The largest absolute Gasteiger partial charge is 0.494 e. The Kier molecular flexibility index (Phi) is 6.50. The van der Waals surface area contributed by atoms with E-state index in [-0.39, 0.29) is 18.1 Å². The first kappa shape index (κ1) is 17.0. The molecule has 0 saturated carbocycles. The van der Waals surface area contributed by atoms with Crippen LogP contribution in [0.2, 0.25) is 0 Å². The molecule has 114 valence electrons. The van der Waals surface area contributed by atoms with Crippen LogP contribution in [0.5, 0.6) is 5.75 Å². The molecule has 3 nitrogen and oxygen atoms in total. The van der Waals surface area contributed by atoms with Crippen LogP contribution in [-0.4, -0.2) is 30.4 Å². The first-order valence-corrected chi connectivity index (χ1v) is 7.43. The summed E-state index contributed by atoms with van der Waals surface area (Å²) < 4.78 is 5.74. The minimum absolute atomic E-state index is 0.101. The maximum absolute atomic E-state index is 9.28. The van der Waals surface area contributed by atoms with Crippen molar-refractivity contribution >= 4 is 0 Å². The molecule has 1 atom stereocenters. The van der Waals surface area contributed by atoms with Crippen LogP contribution in [0.3, 0.4) is 0 Å². The molecule has 0 saturated heterocycles. The molecule has 20 heavy (non-hydrogen) atoms. The molecule has 1 unspecified atom stereocenters. The number of aliphatic hydroxyl groups excluding tert-OH is 1. The van der Waals surface area contributed by atoms with Gasteiger partial charge in [-0.05, 0) is 29.5 Å². The number of hydrogen-bond donors (Lipinski definition) is 2. The molecule has 0 aliphatic carbocycles. The summed E-state index contributed by atoms with van der Waals surface area (Å²) in [4.78, 5) is 0. The van der Waals surface area contributed by atoms with E-state index in [0.717, 1.165) is 12.2 Å². The lowest BCUT2D eigenvalue weighted by atomic mass is 9.87. The van der Waals surface area contributed by atoms with Crippen molar-refractivity contribution in [1.82, 2.24) is 5.32 Å². The Morgan fingerprint density at radius 3 is 2.20 bits per heavy atom. The Hall–Kier alpha value is -1.06. The van der Waals surface area contributed by atoms with Crippen molar-refractivity contribution in [3.8, 4) is 5.75 Å². The molecule has 1 aromatic rings. The predicted octanol–water partition coefficient (Wildman–Crippen LogP) is 3.11. The molecule has 0 spiro atoms. The van der Waals surface area contributed by atoms with E-state index in [1.807, 2.05) is 12.1 Å². The number of aliphatic hydroxyl groups is 1. The lowest BCUT2D eigenvalue weighted by molar-refractivity contribution is 0.202. The SMILES string of the molecule is CC(C)NC(CO)CCOc1ccc(C(C)(C)C)cc1. The topological polar surface area (TPSA) is 41.5 Å². The maximum atomic E-state index is 9.28. The van der Waals surface area contributed by atoms with Crippen LogP contribution in [-0.2, 0) is 5.41 Å². The average Bonchev–Trinajstić information content (AvgIpc) is 2.36. The van der Waals surface area contributed by atoms with Crippen molar-refractivity contribution in [3.63, 3.8) is 0 Å². The van der Waals surface area contributed by atoms with Gasteiger partial charge in [0.05, 0.1) is 13.2 Å². The Morgan fingerprint density at radius 1 is 1.15 bits per heavy atom. The van der Waals surface area contributed by atoms with Crippen LogP contribution >= 0.6 is 0 Å². The second kappa shape index (κ2) is 7.65. The predicted molar refractivity (Wildman–Crippen MR) is 84.4 cm³/mol. The Labute approximate surface area is 123 Å². The standard InChI is InChI=1S/C17H29NO2/c1-13(2)18-15(12-19)10-11-20-16-8-6-14(7-9-16)17(3,4)5/h6-9,13,15,18-19H,10-12H2,1-5H3. The molecule has 3 heteroatoms. The van der Waals surface area contributed by atoms with Gasteiger partial charge in [0.15, 0.2) is 0 Å². The zero-order valence-corrected chi connectivity index (χ0v) is 13.4. The summed E-state index contributed by atoms with van der Waals surface area (Å²) in [7, 11) is 0. The number of rotatable bonds is 7. The van der Waals surface area contributed by atoms with Crippen LogP contribution in [0.1, 0.15) is 46.6 Å². The average molecular weight is 279 g/mol. The summed E-state index contributed by atoms with van der Waals surface area (Å²) in [5, 5.41) is 12.6. The van der Waals surface area contributed by atoms with Gasteiger partial charge in [0.1, 0.15) is 5.75 Å². The van der Waals surface area contributed by atoms with Crippen LogP contribution < -0.4 is 10.1 Å². The second-order valence-electron chi connectivity index (χ2n) is 6.61. The van der Waals surface area contributed by atoms with Crippen molar-refractivity contribution in [3.05, 3.63) is 29.8 Å². The van der Waals surface area contributed by atoms with Gasteiger partial charge in [-0.15, -0.1) is 0 Å². The first-order chi connectivity index (χ1) is 9.32. The summed E-state index contributed by atoms with van der Waals surface area (Å²) in [5.41, 5.74) is 1.47. The number of nitrogens with one attached hydrogen (secondary N) is 1. The molecule has 0 heterocycles. The van der Waals surface area contributed by atoms with Crippen molar-refractivity contribution in [2.45, 2.75) is 58.5 Å². The van der Waals surface area contributed by atoms with Gasteiger partial charge in [0.25, 0.3) is 0 Å². The monoisotopic (exact) mass is 279 g/mol. The van der Waals surface area contributed by atoms with Gasteiger partial charge < -0.3 is 15.2 Å². The fourth-order valence-corrected chi connectivity index (χ4v) is 2.07. The molecule has 0 aliphatic rings. The quantitative estimate of drug-likeness (QED) is 0.806. The third-order valence-corrected chi connectivity index (χ3v) is 3.24. The maximum Gasteiger partial charge on any atom is 0.119 e. The zero-order chi connectivity index (χ0) is 15.2. The molecule has 1 aromatic carbocycles. The number of hydrogen-bond acceptors (Lipinski definition) is 3. The van der Waals surface area contributed by atoms with Crippen molar-refractivity contribution in [2.75, 3.05) is 13.2 Å². The highest BCUT2D eigenvalue weighted by Crippen LogP contribution is 2.24. The highest BCUT2D eigenvalue weighted by atomic mass is 16.5. The molecule has 0 amide bonds. The van der Waals surface area contributed by atoms with Crippen LogP contribution in [0.25, 0.3) is 0 Å². The normalized spacial score (nSPS) is 13.6. The van der Waals surface area contributed by atoms with E-state index in [9.17, 15) is 5.11 Å². The second-order valence-corrected chi connectivity index (χ2v) is 6.61. The summed E-state index contributed by atoms with van der Waals surface area (Å²) in [6.45, 7) is 11.5. The molecule has 0 radical (unpaired) electrons. The number of benzene rings is 1. The molecule has 2 N–H and O–H groups in total. The molecule has 0 bridgehead atoms. The Bertz CT molecular complexity index is 379. The minimum Gasteiger partial charge on any atom is -0.494 e. The van der Waals surface area contributed by atoms with Gasteiger partial charge >= 0.3 is 0 Å². The molecule has 0 aromatic heterocycles. The van der Waals surface area contributed by atoms with E-state index in [2.05, 4.69) is 52.1 Å². The molecular formula is C17H29NO2. The zero-order valence-electron chi connectivity index (χ0n) is 13.4. The number of ether oxygens (including phenoxy) is 1. The van der Waals surface area contributed by atoms with E-state index in [1.54, 1.807) is 0 Å². The highest BCUT2D eigenvalue weighted by Gasteiger charge is 2.13. The third-order valence-electron chi connectivity index (χ3n) is 3.24. The van der Waals surface area contributed by atoms with Crippen molar-refractivity contribution < 1.29 is 9.84 Å². The van der Waals surface area contributed by atoms with Crippen LogP contribution in [0.4, 0.5) is 0 Å². The van der Waals surface area contributed by atoms with Gasteiger partial charge in [0, 0.05) is 12.1 Å². The van der Waals surface area contributed by atoms with Gasteiger partial charge in [-0.2, -0.15) is 0 Å². The molecule has 0 aliphatic heterocycles. The summed E-state index contributed by atoms with van der Waals surface area (Å²) in [6.07, 6.45) is 0.801. The Morgan fingerprint density at radius 2 is 1.75 bits per heavy atom. The molecular weight excluding hydrogens is 250 g/mol. The Balaban J connectivity index is 2.42. The summed E-state index contributed by atoms with van der Waals surface area (Å²) in [5.74, 6) is 0.888. The van der Waals surface area contributed by atoms with E-state index in [4.69, 9.17) is 4.74 Å². The minimum atomic E-state index is 0.101. The van der Waals surface area contributed by atoms with Crippen LogP contribution in [0, 0.1) is 0 Å². The van der Waals surface area contributed by atoms with E-state index in [1.165, 1.54) is 5.56 Å². The van der Waals surface area contributed by atoms with Gasteiger partial charge in [0.2, 0.25) is 0 Å². The lowest BCUT2D eigenvalue weighted by Gasteiger charge is -2.20. The van der Waals surface area contributed by atoms with E-state index >= 15 is 0 Å². The van der Waals surface area contributed by atoms with E-state index in [0.29, 0.717) is 12.6 Å². The molecule has 1 rings (SSSR count). The summed E-state index contributed by atoms with van der Waals surface area (Å²) in [6, 6.07) is 8.74. The highest BCUT2D eigenvalue weighted by molar-refractivity contribution is 5.31. The lowest BCUT2D eigenvalue weighted by Crippen LogP contribution is -2.38. The van der Waals surface area contributed by atoms with Gasteiger partial charge in [-0.25, -0.2) is 0 Å². The fraction of sp³-hybridized carbons (Fsp3) is 0.647. The smallest absolute Gasteiger partial charge is 0.119 e. The van der Waals surface area contributed by atoms with Gasteiger partial charge in [-0.3, -0.25) is 0 Å². The van der Waals surface area contributed by atoms with Gasteiger partial charge in [-0.1, -0.05) is 46.8 Å². The third kappa shape index (κ3) is 5.93. The van der Waals surface area contributed by atoms with Crippen molar-refractivity contribution in [1.29, 1.82) is 0 Å². The molecule has 0 fully saturated rings. The fourth-order valence-electron chi connectivity index (χ4n) is 2.07.